The highest BCUT2D eigenvalue weighted by Gasteiger charge is 2.43. The molecular weight excluding hydrogens is 507 g/mol. The van der Waals surface area contributed by atoms with Gasteiger partial charge >= 0.3 is 6.09 Å². The van der Waals surface area contributed by atoms with E-state index in [1.807, 2.05) is 43.3 Å². The minimum atomic E-state index is -3.56. The maximum Gasteiger partial charge on any atom is 0.407 e. The second-order valence-corrected chi connectivity index (χ2v) is 13.8. The van der Waals surface area contributed by atoms with Crippen molar-refractivity contribution in [2.45, 2.75) is 74.5 Å². The van der Waals surface area contributed by atoms with Crippen LogP contribution in [-0.4, -0.2) is 57.7 Å². The molecule has 1 unspecified atom stereocenters. The van der Waals surface area contributed by atoms with Crippen molar-refractivity contribution >= 4 is 15.9 Å². The van der Waals surface area contributed by atoms with Crippen molar-refractivity contribution in [1.29, 1.82) is 0 Å². The highest BCUT2D eigenvalue weighted by atomic mass is 32.2. The predicted molar refractivity (Wildman–Crippen MR) is 145 cm³/mol. The number of ether oxygens (including phenoxy) is 2. The number of nitrogens with one attached hydrogen (secondary N) is 2. The van der Waals surface area contributed by atoms with E-state index >= 15 is 4.39 Å². The fourth-order valence-corrected chi connectivity index (χ4v) is 7.81. The van der Waals surface area contributed by atoms with E-state index in [0.717, 1.165) is 11.1 Å². The molecule has 2 heterocycles. The first kappa shape index (κ1) is 28.5. The fourth-order valence-electron chi connectivity index (χ4n) is 5.45. The molecule has 9 heteroatoms. The molecule has 0 saturated carbocycles. The van der Waals surface area contributed by atoms with Crippen LogP contribution in [0.5, 0.6) is 0 Å². The maximum absolute atomic E-state index is 15.6. The van der Waals surface area contributed by atoms with Gasteiger partial charge < -0.3 is 20.1 Å². The van der Waals surface area contributed by atoms with Crippen LogP contribution in [0.2, 0.25) is 0 Å². The molecule has 4 rings (SSSR count). The SMILES string of the molecule is C[C@@H]1NC[C@@H](c2ccccc2)S(=O)(=O)C1Cc1ccc(C2(CNC(=O)OC(C)(C)C)CCOCC2)cc1F. The summed E-state index contributed by atoms with van der Waals surface area (Å²) >= 11 is 0. The van der Waals surface area contributed by atoms with Crippen molar-refractivity contribution in [3.05, 3.63) is 71.0 Å². The minimum absolute atomic E-state index is 0.0816. The van der Waals surface area contributed by atoms with Crippen LogP contribution in [-0.2, 0) is 31.1 Å². The molecular formula is C29H39FN2O5S. The van der Waals surface area contributed by atoms with Crippen LogP contribution in [0.15, 0.2) is 48.5 Å². The van der Waals surface area contributed by atoms with E-state index in [1.165, 1.54) is 6.07 Å². The number of benzene rings is 2. The van der Waals surface area contributed by atoms with Crippen LogP contribution < -0.4 is 10.6 Å². The largest absolute Gasteiger partial charge is 0.444 e. The van der Waals surface area contributed by atoms with Gasteiger partial charge in [0.1, 0.15) is 11.4 Å². The van der Waals surface area contributed by atoms with Gasteiger partial charge in [0, 0.05) is 37.8 Å². The summed E-state index contributed by atoms with van der Waals surface area (Å²) < 4.78 is 53.8. The van der Waals surface area contributed by atoms with Gasteiger partial charge in [-0.25, -0.2) is 17.6 Å². The molecule has 7 nitrogen and oxygen atoms in total. The summed E-state index contributed by atoms with van der Waals surface area (Å²) in [6, 6.07) is 13.9. The summed E-state index contributed by atoms with van der Waals surface area (Å²) in [4.78, 5) is 12.3. The third kappa shape index (κ3) is 6.38. The lowest BCUT2D eigenvalue weighted by atomic mass is 9.73. The van der Waals surface area contributed by atoms with Gasteiger partial charge in [-0.3, -0.25) is 0 Å². The molecule has 2 saturated heterocycles. The Morgan fingerprint density at radius 3 is 2.47 bits per heavy atom. The second-order valence-electron chi connectivity index (χ2n) is 11.5. The lowest BCUT2D eigenvalue weighted by Crippen LogP contribution is -2.53. The molecule has 0 bridgehead atoms. The van der Waals surface area contributed by atoms with E-state index in [-0.39, 0.29) is 12.5 Å². The monoisotopic (exact) mass is 546 g/mol. The zero-order valence-corrected chi connectivity index (χ0v) is 23.4. The van der Waals surface area contributed by atoms with E-state index in [2.05, 4.69) is 10.6 Å². The van der Waals surface area contributed by atoms with Gasteiger partial charge in [0.15, 0.2) is 9.84 Å². The molecule has 2 aromatic rings. The Morgan fingerprint density at radius 2 is 1.84 bits per heavy atom. The molecule has 2 aliphatic heterocycles. The summed E-state index contributed by atoms with van der Waals surface area (Å²) in [6.45, 7) is 8.88. The molecule has 2 fully saturated rings. The zero-order valence-electron chi connectivity index (χ0n) is 22.6. The lowest BCUT2D eigenvalue weighted by Gasteiger charge is -2.38. The van der Waals surface area contributed by atoms with Crippen LogP contribution in [0.25, 0.3) is 0 Å². The first-order chi connectivity index (χ1) is 17.9. The number of carbonyl (C=O) groups is 1. The third-order valence-corrected chi connectivity index (χ3v) is 10.3. The summed E-state index contributed by atoms with van der Waals surface area (Å²) in [5.74, 6) is -0.435. The van der Waals surface area contributed by atoms with Crippen LogP contribution in [0.4, 0.5) is 9.18 Å². The molecule has 1 amide bonds. The molecule has 0 spiro atoms. The number of alkyl carbamates (subject to hydrolysis) is 1. The Balaban J connectivity index is 1.55. The molecule has 208 valence electrons. The molecule has 0 aromatic heterocycles. The van der Waals surface area contributed by atoms with Gasteiger partial charge in [0.05, 0.1) is 10.5 Å². The highest BCUT2D eigenvalue weighted by molar-refractivity contribution is 7.92. The second kappa shape index (κ2) is 11.3. The van der Waals surface area contributed by atoms with Gasteiger partial charge in [0.2, 0.25) is 0 Å². The average Bonchev–Trinajstić information content (AvgIpc) is 2.86. The van der Waals surface area contributed by atoms with Gasteiger partial charge in [-0.05, 0) is 69.7 Å². The van der Waals surface area contributed by atoms with Crippen molar-refractivity contribution in [2.75, 3.05) is 26.3 Å². The Labute approximate surface area is 225 Å². The van der Waals surface area contributed by atoms with Crippen LogP contribution in [0.1, 0.15) is 62.5 Å². The molecule has 3 atom stereocenters. The Hall–Kier alpha value is -2.49. The van der Waals surface area contributed by atoms with Gasteiger partial charge in [-0.2, -0.15) is 0 Å². The molecule has 2 aliphatic rings. The maximum atomic E-state index is 15.6. The lowest BCUT2D eigenvalue weighted by molar-refractivity contribution is 0.0372. The quantitative estimate of drug-likeness (QED) is 0.556. The van der Waals surface area contributed by atoms with Gasteiger partial charge in [-0.1, -0.05) is 42.5 Å². The van der Waals surface area contributed by atoms with E-state index < -0.39 is 43.3 Å². The van der Waals surface area contributed by atoms with Crippen molar-refractivity contribution in [3.8, 4) is 0 Å². The smallest absolute Gasteiger partial charge is 0.407 e. The summed E-state index contributed by atoms with van der Waals surface area (Å²) in [5.41, 5.74) is 0.751. The number of hydrogen-bond acceptors (Lipinski definition) is 6. The standard InChI is InChI=1S/C29H39FN2O5S/c1-20-25(38(34,35)26(18-31-20)21-8-6-5-7-9-21)16-22-10-11-23(17-24(22)30)29(12-14-36-15-13-29)19-32-27(33)37-28(2,3)4/h5-11,17,20,25-26,31H,12-16,18-19H2,1-4H3,(H,32,33)/t20-,25?,26-/m0/s1. The fraction of sp³-hybridized carbons (Fsp3) is 0.552. The third-order valence-electron chi connectivity index (χ3n) is 7.68. The van der Waals surface area contributed by atoms with E-state index in [4.69, 9.17) is 9.47 Å². The van der Waals surface area contributed by atoms with Crippen LogP contribution >= 0.6 is 0 Å². The summed E-state index contributed by atoms with van der Waals surface area (Å²) in [7, 11) is -3.56. The molecule has 2 aromatic carbocycles. The Morgan fingerprint density at radius 1 is 1.16 bits per heavy atom. The van der Waals surface area contributed by atoms with Crippen molar-refractivity contribution < 1.29 is 27.1 Å². The normalized spacial score (nSPS) is 24.9. The van der Waals surface area contributed by atoms with Crippen LogP contribution in [0.3, 0.4) is 0 Å². The van der Waals surface area contributed by atoms with Crippen LogP contribution in [0, 0.1) is 5.82 Å². The Bertz CT molecular complexity index is 1220. The number of halogens is 1. The topological polar surface area (TPSA) is 93.7 Å². The number of hydrogen-bond donors (Lipinski definition) is 2. The summed E-state index contributed by atoms with van der Waals surface area (Å²) in [6.07, 6.45) is 0.812. The number of rotatable bonds is 6. The van der Waals surface area contributed by atoms with Crippen molar-refractivity contribution in [1.82, 2.24) is 10.6 Å². The zero-order chi connectivity index (χ0) is 27.6. The first-order valence-electron chi connectivity index (χ1n) is 13.3. The van der Waals surface area contributed by atoms with E-state index in [1.54, 1.807) is 26.8 Å². The first-order valence-corrected chi connectivity index (χ1v) is 14.9. The number of sulfone groups is 1. The Kier molecular flexibility index (Phi) is 8.49. The number of carbonyl (C=O) groups excluding carboxylic acids is 1. The molecule has 2 N–H and O–H groups in total. The predicted octanol–water partition coefficient (Wildman–Crippen LogP) is 4.46. The van der Waals surface area contributed by atoms with Crippen molar-refractivity contribution in [3.63, 3.8) is 0 Å². The number of amides is 1. The average molecular weight is 547 g/mol. The highest BCUT2D eigenvalue weighted by Crippen LogP contribution is 2.37. The van der Waals surface area contributed by atoms with Crippen molar-refractivity contribution in [2.24, 2.45) is 0 Å². The van der Waals surface area contributed by atoms with E-state index in [0.29, 0.717) is 44.7 Å². The molecule has 38 heavy (non-hydrogen) atoms. The molecule has 0 aliphatic carbocycles. The summed E-state index contributed by atoms with van der Waals surface area (Å²) in [5, 5.41) is 4.75. The minimum Gasteiger partial charge on any atom is -0.444 e. The van der Waals surface area contributed by atoms with E-state index in [9.17, 15) is 13.2 Å². The van der Waals surface area contributed by atoms with Gasteiger partial charge in [-0.15, -0.1) is 0 Å². The van der Waals surface area contributed by atoms with Gasteiger partial charge in [0.25, 0.3) is 0 Å². The molecule has 0 radical (unpaired) electrons.